The molecule has 0 bridgehead atoms. The van der Waals surface area contributed by atoms with Gasteiger partial charge in [0.2, 0.25) is 0 Å². The molecule has 28 heavy (non-hydrogen) atoms. The highest BCUT2D eigenvalue weighted by molar-refractivity contribution is 6.40. The molecule has 1 aliphatic rings. The summed E-state index contributed by atoms with van der Waals surface area (Å²) in [6.45, 7) is 3.66. The first kappa shape index (κ1) is 19.3. The minimum Gasteiger partial charge on any atom is -0.460 e. The van der Waals surface area contributed by atoms with Gasteiger partial charge < -0.3 is 19.4 Å². The molecule has 3 amide bonds. The largest absolute Gasteiger partial charge is 0.460 e. The summed E-state index contributed by atoms with van der Waals surface area (Å²) < 4.78 is 10.5. The summed E-state index contributed by atoms with van der Waals surface area (Å²) in [5, 5.41) is 6.14. The van der Waals surface area contributed by atoms with Gasteiger partial charge in [0.15, 0.2) is 0 Å². The Morgan fingerprint density at radius 3 is 2.54 bits per heavy atom. The lowest BCUT2D eigenvalue weighted by Gasteiger charge is -2.27. The van der Waals surface area contributed by atoms with Crippen molar-refractivity contribution in [2.45, 2.75) is 6.92 Å². The van der Waals surface area contributed by atoms with E-state index in [9.17, 15) is 14.4 Å². The summed E-state index contributed by atoms with van der Waals surface area (Å²) in [7, 11) is 0. The number of nitrogens with one attached hydrogen (secondary N) is 2. The van der Waals surface area contributed by atoms with E-state index < -0.39 is 11.8 Å². The van der Waals surface area contributed by atoms with Crippen LogP contribution in [0.15, 0.2) is 45.9 Å². The number of morpholine rings is 1. The van der Waals surface area contributed by atoms with E-state index in [1.807, 2.05) is 0 Å². The summed E-state index contributed by atoms with van der Waals surface area (Å²) in [6.07, 6.45) is 1.29. The smallest absolute Gasteiger partial charge is 0.329 e. The van der Waals surface area contributed by atoms with Gasteiger partial charge in [-0.3, -0.25) is 14.4 Å². The SMILES string of the molecule is Cc1ccc(/C=N/NC(=O)C(=O)Nc2ccccc2C(=O)N2CCOCC2)o1. The molecule has 0 unspecified atom stereocenters. The summed E-state index contributed by atoms with van der Waals surface area (Å²) in [6, 6.07) is 9.95. The Morgan fingerprint density at radius 1 is 1.07 bits per heavy atom. The molecule has 9 nitrogen and oxygen atoms in total. The lowest BCUT2D eigenvalue weighted by Crippen LogP contribution is -2.41. The van der Waals surface area contributed by atoms with Crippen molar-refractivity contribution in [3.63, 3.8) is 0 Å². The quantitative estimate of drug-likeness (QED) is 0.466. The van der Waals surface area contributed by atoms with E-state index in [1.54, 1.807) is 48.2 Å². The summed E-state index contributed by atoms with van der Waals surface area (Å²) >= 11 is 0. The summed E-state index contributed by atoms with van der Waals surface area (Å²) in [5.74, 6) is -0.985. The van der Waals surface area contributed by atoms with Gasteiger partial charge in [0, 0.05) is 13.1 Å². The number of aryl methyl sites for hydroxylation is 1. The molecule has 2 N–H and O–H groups in total. The second-order valence-corrected chi connectivity index (χ2v) is 6.05. The Hall–Kier alpha value is -3.46. The summed E-state index contributed by atoms with van der Waals surface area (Å²) in [5.41, 5.74) is 2.68. The van der Waals surface area contributed by atoms with E-state index in [4.69, 9.17) is 9.15 Å². The van der Waals surface area contributed by atoms with Crippen molar-refractivity contribution in [2.24, 2.45) is 5.10 Å². The van der Waals surface area contributed by atoms with E-state index in [2.05, 4.69) is 15.8 Å². The number of ether oxygens (including phenoxy) is 1. The number of amides is 3. The van der Waals surface area contributed by atoms with Gasteiger partial charge in [-0.25, -0.2) is 5.43 Å². The Balaban J connectivity index is 1.62. The molecule has 0 atom stereocenters. The van der Waals surface area contributed by atoms with Crippen molar-refractivity contribution in [2.75, 3.05) is 31.6 Å². The number of hydrogen-bond donors (Lipinski definition) is 2. The second kappa shape index (κ2) is 8.96. The molecule has 1 saturated heterocycles. The topological polar surface area (TPSA) is 113 Å². The van der Waals surface area contributed by atoms with Crippen LogP contribution in [0, 0.1) is 6.92 Å². The number of furan rings is 1. The highest BCUT2D eigenvalue weighted by atomic mass is 16.5. The van der Waals surface area contributed by atoms with Crippen molar-refractivity contribution in [1.82, 2.24) is 10.3 Å². The lowest BCUT2D eigenvalue weighted by atomic mass is 10.1. The van der Waals surface area contributed by atoms with E-state index in [0.717, 1.165) is 0 Å². The molecular formula is C19H20N4O5. The average Bonchev–Trinajstić information content (AvgIpc) is 3.13. The first-order valence-electron chi connectivity index (χ1n) is 8.71. The van der Waals surface area contributed by atoms with E-state index in [-0.39, 0.29) is 11.6 Å². The van der Waals surface area contributed by atoms with Crippen LogP contribution >= 0.6 is 0 Å². The first-order valence-corrected chi connectivity index (χ1v) is 8.71. The molecule has 1 aliphatic heterocycles. The molecule has 9 heteroatoms. The van der Waals surface area contributed by atoms with Crippen molar-refractivity contribution in [1.29, 1.82) is 0 Å². The fourth-order valence-electron chi connectivity index (χ4n) is 2.62. The van der Waals surface area contributed by atoms with E-state index in [0.29, 0.717) is 43.4 Å². The minimum atomic E-state index is -0.965. The van der Waals surface area contributed by atoms with Crippen LogP contribution in [-0.2, 0) is 14.3 Å². The predicted octanol–water partition coefficient (Wildman–Crippen LogP) is 1.15. The molecular weight excluding hydrogens is 364 g/mol. The van der Waals surface area contributed by atoms with Crippen LogP contribution in [0.3, 0.4) is 0 Å². The molecule has 0 aliphatic carbocycles. The third-order valence-corrected chi connectivity index (χ3v) is 4.03. The average molecular weight is 384 g/mol. The van der Waals surface area contributed by atoms with E-state index in [1.165, 1.54) is 6.21 Å². The van der Waals surface area contributed by atoms with Gasteiger partial charge in [-0.1, -0.05) is 12.1 Å². The number of nitrogens with zero attached hydrogens (tertiary/aromatic N) is 2. The normalized spacial score (nSPS) is 14.1. The van der Waals surface area contributed by atoms with E-state index >= 15 is 0 Å². The number of rotatable bonds is 4. The van der Waals surface area contributed by atoms with Crippen molar-refractivity contribution in [3.8, 4) is 0 Å². The molecule has 2 heterocycles. The molecule has 1 aromatic heterocycles. The number of hydrazone groups is 1. The molecule has 2 aromatic rings. The maximum Gasteiger partial charge on any atom is 0.329 e. The zero-order valence-electron chi connectivity index (χ0n) is 15.3. The van der Waals surface area contributed by atoms with Crippen LogP contribution in [0.5, 0.6) is 0 Å². The van der Waals surface area contributed by atoms with Gasteiger partial charge in [0.05, 0.1) is 30.7 Å². The Morgan fingerprint density at radius 2 is 1.82 bits per heavy atom. The third kappa shape index (κ3) is 4.83. The van der Waals surface area contributed by atoms with Gasteiger partial charge >= 0.3 is 11.8 Å². The number of carbonyl (C=O) groups excluding carboxylic acids is 3. The zero-order chi connectivity index (χ0) is 19.9. The highest BCUT2D eigenvalue weighted by Crippen LogP contribution is 2.18. The van der Waals surface area contributed by atoms with Crippen LogP contribution in [-0.4, -0.2) is 55.1 Å². The lowest BCUT2D eigenvalue weighted by molar-refractivity contribution is -0.136. The maximum atomic E-state index is 12.7. The molecule has 0 radical (unpaired) electrons. The standard InChI is InChI=1S/C19H20N4O5/c1-13-6-7-14(28-13)12-20-22-18(25)17(24)21-16-5-3-2-4-15(16)19(26)23-8-10-27-11-9-23/h2-7,12H,8-11H2,1H3,(H,21,24)(H,22,25)/b20-12+. The minimum absolute atomic E-state index is 0.231. The molecule has 0 saturated carbocycles. The van der Waals surface area contributed by atoms with Gasteiger partial charge in [-0.05, 0) is 31.2 Å². The fraction of sp³-hybridized carbons (Fsp3) is 0.263. The maximum absolute atomic E-state index is 12.7. The van der Waals surface area contributed by atoms with Crippen molar-refractivity contribution >= 4 is 29.6 Å². The number of benzene rings is 1. The van der Waals surface area contributed by atoms with Crippen LogP contribution in [0.25, 0.3) is 0 Å². The van der Waals surface area contributed by atoms with Gasteiger partial charge in [0.25, 0.3) is 5.91 Å². The Kier molecular flexibility index (Phi) is 6.18. The molecule has 3 rings (SSSR count). The number of para-hydroxylation sites is 1. The van der Waals surface area contributed by atoms with Crippen LogP contribution < -0.4 is 10.7 Å². The zero-order valence-corrected chi connectivity index (χ0v) is 15.3. The predicted molar refractivity (Wildman–Crippen MR) is 101 cm³/mol. The van der Waals surface area contributed by atoms with Crippen molar-refractivity contribution < 1.29 is 23.5 Å². The Labute approximate surface area is 161 Å². The first-order chi connectivity index (χ1) is 13.5. The van der Waals surface area contributed by atoms with Crippen molar-refractivity contribution in [3.05, 3.63) is 53.5 Å². The number of anilines is 1. The third-order valence-electron chi connectivity index (χ3n) is 4.03. The summed E-state index contributed by atoms with van der Waals surface area (Å²) in [4.78, 5) is 38.4. The van der Waals surface area contributed by atoms with Crippen LogP contribution in [0.1, 0.15) is 21.9 Å². The molecule has 0 spiro atoms. The highest BCUT2D eigenvalue weighted by Gasteiger charge is 2.22. The van der Waals surface area contributed by atoms with Gasteiger partial charge in [-0.2, -0.15) is 5.10 Å². The van der Waals surface area contributed by atoms with Gasteiger partial charge in [-0.15, -0.1) is 0 Å². The fourth-order valence-corrected chi connectivity index (χ4v) is 2.62. The number of carbonyl (C=O) groups is 3. The molecule has 1 fully saturated rings. The molecule has 146 valence electrons. The monoisotopic (exact) mass is 384 g/mol. The van der Waals surface area contributed by atoms with Crippen LogP contribution in [0.4, 0.5) is 5.69 Å². The molecule has 1 aromatic carbocycles. The van der Waals surface area contributed by atoms with Crippen LogP contribution in [0.2, 0.25) is 0 Å². The Bertz CT molecular complexity index is 899. The number of hydrogen-bond acceptors (Lipinski definition) is 6. The second-order valence-electron chi connectivity index (χ2n) is 6.05. The van der Waals surface area contributed by atoms with Gasteiger partial charge in [0.1, 0.15) is 11.5 Å².